The fourth-order valence-corrected chi connectivity index (χ4v) is 2.89. The van der Waals surface area contributed by atoms with E-state index in [1.807, 2.05) is 24.3 Å². The molecule has 0 aliphatic heterocycles. The third kappa shape index (κ3) is 4.11. The van der Waals surface area contributed by atoms with Gasteiger partial charge in [0.25, 0.3) is 0 Å². The zero-order valence-electron chi connectivity index (χ0n) is 12.5. The van der Waals surface area contributed by atoms with Gasteiger partial charge >= 0.3 is 6.03 Å². The molecule has 0 saturated heterocycles. The van der Waals surface area contributed by atoms with Crippen LogP contribution in [0.4, 0.5) is 10.5 Å². The maximum Gasteiger partial charge on any atom is 0.322 e. The van der Waals surface area contributed by atoms with Crippen molar-refractivity contribution in [2.45, 2.75) is 38.1 Å². The second-order valence-corrected chi connectivity index (χ2v) is 5.34. The van der Waals surface area contributed by atoms with E-state index >= 15 is 0 Å². The predicted molar refractivity (Wildman–Crippen MR) is 82.7 cm³/mol. The highest BCUT2D eigenvalue weighted by molar-refractivity contribution is 5.91. The summed E-state index contributed by atoms with van der Waals surface area (Å²) in [7, 11) is 1.58. The third-order valence-electron chi connectivity index (χ3n) is 3.97. The van der Waals surface area contributed by atoms with E-state index < -0.39 is 0 Å². The zero-order valence-corrected chi connectivity index (χ0v) is 12.5. The number of anilines is 1. The number of carbonyl (C=O) groups is 1. The molecule has 1 aromatic rings. The minimum Gasteiger partial charge on any atom is -0.495 e. The van der Waals surface area contributed by atoms with Crippen LogP contribution in [-0.4, -0.2) is 42.3 Å². The summed E-state index contributed by atoms with van der Waals surface area (Å²) in [6.07, 6.45) is 5.55. The van der Waals surface area contributed by atoms with Crippen molar-refractivity contribution in [3.63, 3.8) is 0 Å². The highest BCUT2D eigenvalue weighted by Crippen LogP contribution is 2.26. The Kier molecular flexibility index (Phi) is 5.87. The largest absolute Gasteiger partial charge is 0.495 e. The summed E-state index contributed by atoms with van der Waals surface area (Å²) in [5, 5.41) is 12.1. The average Bonchev–Trinajstić information content (AvgIpc) is 2.53. The Morgan fingerprint density at radius 1 is 1.33 bits per heavy atom. The van der Waals surface area contributed by atoms with Gasteiger partial charge in [-0.25, -0.2) is 4.79 Å². The average molecular weight is 292 g/mol. The van der Waals surface area contributed by atoms with E-state index in [-0.39, 0.29) is 18.7 Å². The molecule has 1 aromatic carbocycles. The summed E-state index contributed by atoms with van der Waals surface area (Å²) in [5.74, 6) is 0.637. The first-order chi connectivity index (χ1) is 10.3. The Hall–Kier alpha value is -1.75. The first-order valence-electron chi connectivity index (χ1n) is 7.57. The molecule has 21 heavy (non-hydrogen) atoms. The van der Waals surface area contributed by atoms with Crippen LogP contribution in [0.5, 0.6) is 5.75 Å². The van der Waals surface area contributed by atoms with E-state index in [1.165, 1.54) is 6.42 Å². The topological polar surface area (TPSA) is 61.8 Å². The normalized spacial score (nSPS) is 15.5. The smallest absolute Gasteiger partial charge is 0.322 e. The van der Waals surface area contributed by atoms with Crippen molar-refractivity contribution in [3.05, 3.63) is 24.3 Å². The molecule has 1 saturated carbocycles. The Morgan fingerprint density at radius 2 is 2.05 bits per heavy atom. The van der Waals surface area contributed by atoms with Crippen molar-refractivity contribution in [3.8, 4) is 5.75 Å². The molecule has 116 valence electrons. The molecule has 0 radical (unpaired) electrons. The van der Waals surface area contributed by atoms with Crippen LogP contribution in [0.3, 0.4) is 0 Å². The van der Waals surface area contributed by atoms with E-state index in [2.05, 4.69) is 5.32 Å². The number of nitrogens with zero attached hydrogens (tertiary/aromatic N) is 1. The van der Waals surface area contributed by atoms with E-state index in [0.29, 0.717) is 18.0 Å². The van der Waals surface area contributed by atoms with E-state index in [1.54, 1.807) is 12.0 Å². The lowest BCUT2D eigenvalue weighted by Gasteiger charge is -2.34. The van der Waals surface area contributed by atoms with Crippen LogP contribution in [0, 0.1) is 0 Å². The van der Waals surface area contributed by atoms with Gasteiger partial charge in [-0.2, -0.15) is 0 Å². The van der Waals surface area contributed by atoms with Crippen LogP contribution >= 0.6 is 0 Å². The Labute approximate surface area is 125 Å². The van der Waals surface area contributed by atoms with Crippen molar-refractivity contribution >= 4 is 11.7 Å². The Bertz CT molecular complexity index is 459. The number of aliphatic hydroxyl groups excluding tert-OH is 1. The number of methoxy groups -OCH3 is 1. The van der Waals surface area contributed by atoms with Crippen LogP contribution in [0.25, 0.3) is 0 Å². The minimum atomic E-state index is -0.166. The molecule has 2 amide bonds. The number of ether oxygens (including phenoxy) is 1. The SMILES string of the molecule is COc1ccccc1NC(=O)N(CCO)C1CCCCC1. The Balaban J connectivity index is 2.07. The summed E-state index contributed by atoms with van der Waals surface area (Å²) in [5.41, 5.74) is 0.656. The molecule has 1 aliphatic rings. The quantitative estimate of drug-likeness (QED) is 0.877. The van der Waals surface area contributed by atoms with Gasteiger partial charge in [0.05, 0.1) is 19.4 Å². The molecule has 0 heterocycles. The van der Waals surface area contributed by atoms with Crippen molar-refractivity contribution in [1.82, 2.24) is 4.90 Å². The van der Waals surface area contributed by atoms with Crippen LogP contribution in [0.15, 0.2) is 24.3 Å². The van der Waals surface area contributed by atoms with Gasteiger partial charge in [-0.05, 0) is 25.0 Å². The summed E-state index contributed by atoms with van der Waals surface area (Å²) in [6, 6.07) is 7.40. The number of hydrogen-bond donors (Lipinski definition) is 2. The molecule has 0 unspecified atom stereocenters. The van der Waals surface area contributed by atoms with Gasteiger partial charge in [0.1, 0.15) is 5.75 Å². The van der Waals surface area contributed by atoms with Gasteiger partial charge in [0.2, 0.25) is 0 Å². The predicted octanol–water partition coefficient (Wildman–Crippen LogP) is 2.85. The first-order valence-corrected chi connectivity index (χ1v) is 7.57. The molecule has 5 heteroatoms. The highest BCUT2D eigenvalue weighted by atomic mass is 16.5. The summed E-state index contributed by atoms with van der Waals surface area (Å²) >= 11 is 0. The lowest BCUT2D eigenvalue weighted by molar-refractivity contribution is 0.144. The number of para-hydroxylation sites is 2. The molecule has 0 bridgehead atoms. The van der Waals surface area contributed by atoms with E-state index in [0.717, 1.165) is 25.7 Å². The summed E-state index contributed by atoms with van der Waals surface area (Å²) < 4.78 is 5.25. The van der Waals surface area contributed by atoms with Crippen molar-refractivity contribution in [2.24, 2.45) is 0 Å². The third-order valence-corrected chi connectivity index (χ3v) is 3.97. The van der Waals surface area contributed by atoms with Crippen LogP contribution in [0.1, 0.15) is 32.1 Å². The second-order valence-electron chi connectivity index (χ2n) is 5.34. The number of hydrogen-bond acceptors (Lipinski definition) is 3. The maximum absolute atomic E-state index is 12.5. The van der Waals surface area contributed by atoms with Crippen LogP contribution in [-0.2, 0) is 0 Å². The highest BCUT2D eigenvalue weighted by Gasteiger charge is 2.25. The van der Waals surface area contributed by atoms with Crippen molar-refractivity contribution < 1.29 is 14.6 Å². The van der Waals surface area contributed by atoms with E-state index in [4.69, 9.17) is 4.74 Å². The zero-order chi connectivity index (χ0) is 15.1. The number of nitrogens with one attached hydrogen (secondary N) is 1. The number of aliphatic hydroxyl groups is 1. The molecular weight excluding hydrogens is 268 g/mol. The van der Waals surface area contributed by atoms with Gasteiger partial charge in [0, 0.05) is 12.6 Å². The molecule has 5 nitrogen and oxygen atoms in total. The molecular formula is C16H24N2O3. The lowest BCUT2D eigenvalue weighted by atomic mass is 9.94. The van der Waals surface area contributed by atoms with Gasteiger partial charge in [-0.1, -0.05) is 31.4 Å². The number of amides is 2. The fourth-order valence-electron chi connectivity index (χ4n) is 2.89. The van der Waals surface area contributed by atoms with Crippen molar-refractivity contribution in [1.29, 1.82) is 0 Å². The fraction of sp³-hybridized carbons (Fsp3) is 0.562. The molecule has 0 spiro atoms. The lowest BCUT2D eigenvalue weighted by Crippen LogP contribution is -2.45. The van der Waals surface area contributed by atoms with E-state index in [9.17, 15) is 9.90 Å². The number of rotatable bonds is 5. The summed E-state index contributed by atoms with van der Waals surface area (Å²) in [4.78, 5) is 14.3. The van der Waals surface area contributed by atoms with Crippen molar-refractivity contribution in [2.75, 3.05) is 25.6 Å². The maximum atomic E-state index is 12.5. The van der Waals surface area contributed by atoms with Gasteiger partial charge in [-0.3, -0.25) is 0 Å². The molecule has 0 aromatic heterocycles. The molecule has 2 N–H and O–H groups in total. The molecule has 1 aliphatic carbocycles. The molecule has 0 atom stereocenters. The van der Waals surface area contributed by atoms with Gasteiger partial charge < -0.3 is 20.1 Å². The first kappa shape index (κ1) is 15.6. The number of carbonyl (C=O) groups excluding carboxylic acids is 1. The monoisotopic (exact) mass is 292 g/mol. The molecule has 2 rings (SSSR count). The summed E-state index contributed by atoms with van der Waals surface area (Å²) in [6.45, 7) is 0.349. The number of benzene rings is 1. The second kappa shape index (κ2) is 7.88. The standard InChI is InChI=1S/C16H24N2O3/c1-21-15-10-6-5-9-14(15)17-16(20)18(11-12-19)13-7-3-2-4-8-13/h5-6,9-10,13,19H,2-4,7-8,11-12H2,1H3,(H,17,20). The van der Waals surface area contributed by atoms with Gasteiger partial charge in [0.15, 0.2) is 0 Å². The number of urea groups is 1. The Morgan fingerprint density at radius 3 is 2.71 bits per heavy atom. The minimum absolute atomic E-state index is 0.0180. The molecule has 1 fully saturated rings. The van der Waals surface area contributed by atoms with Gasteiger partial charge in [-0.15, -0.1) is 0 Å². The van der Waals surface area contributed by atoms with Crippen LogP contribution in [0.2, 0.25) is 0 Å². The van der Waals surface area contributed by atoms with Crippen LogP contribution < -0.4 is 10.1 Å².